The molecular formula is C12H16INO2S. The monoisotopic (exact) mass is 365 g/mol. The molecule has 0 unspecified atom stereocenters. The highest BCUT2D eigenvalue weighted by Crippen LogP contribution is 2.43. The molecule has 1 saturated carbocycles. The van der Waals surface area contributed by atoms with Crippen molar-refractivity contribution in [3.05, 3.63) is 26.8 Å². The maximum Gasteiger partial charge on any atom is 0.232 e. The highest BCUT2D eigenvalue weighted by atomic mass is 127. The van der Waals surface area contributed by atoms with Crippen molar-refractivity contribution in [3.63, 3.8) is 0 Å². The fraction of sp³-hybridized carbons (Fsp3) is 0.500. The van der Waals surface area contributed by atoms with Crippen LogP contribution >= 0.6 is 22.6 Å². The quantitative estimate of drug-likeness (QED) is 0.773. The Hall–Kier alpha value is -0.300. The van der Waals surface area contributed by atoms with Gasteiger partial charge in [0.2, 0.25) is 10.0 Å². The van der Waals surface area contributed by atoms with Crippen molar-refractivity contribution >= 4 is 38.3 Å². The summed E-state index contributed by atoms with van der Waals surface area (Å²) in [7, 11) is -1.57. The summed E-state index contributed by atoms with van der Waals surface area (Å²) in [6, 6.07) is 4.11. The van der Waals surface area contributed by atoms with E-state index >= 15 is 0 Å². The molecule has 1 aliphatic rings. The molecule has 0 spiro atoms. The minimum absolute atomic E-state index is 0.638. The Morgan fingerprint density at radius 2 is 1.94 bits per heavy atom. The first kappa shape index (κ1) is 13.1. The summed E-state index contributed by atoms with van der Waals surface area (Å²) in [5, 5.41) is 0. The molecule has 17 heavy (non-hydrogen) atoms. The number of nitrogens with zero attached hydrogens (tertiary/aromatic N) is 1. The number of sulfonamides is 1. The molecular weight excluding hydrogens is 349 g/mol. The van der Waals surface area contributed by atoms with Gasteiger partial charge in [-0.25, -0.2) is 8.42 Å². The van der Waals surface area contributed by atoms with Crippen molar-refractivity contribution in [3.8, 4) is 0 Å². The number of anilines is 1. The van der Waals surface area contributed by atoms with Crippen molar-refractivity contribution in [2.24, 2.45) is 0 Å². The normalized spacial score (nSPS) is 16.0. The Labute approximate surface area is 116 Å². The van der Waals surface area contributed by atoms with Gasteiger partial charge >= 0.3 is 0 Å². The van der Waals surface area contributed by atoms with Crippen LogP contribution < -0.4 is 4.31 Å². The second-order valence-electron chi connectivity index (χ2n) is 4.66. The summed E-state index contributed by atoms with van der Waals surface area (Å²) in [5.74, 6) is 0.638. The van der Waals surface area contributed by atoms with E-state index in [1.54, 1.807) is 7.05 Å². The molecule has 3 nitrogen and oxygen atoms in total. The predicted octanol–water partition coefficient (Wildman–Crippen LogP) is 2.87. The van der Waals surface area contributed by atoms with Crippen LogP contribution in [-0.2, 0) is 10.0 Å². The van der Waals surface area contributed by atoms with Crippen LogP contribution in [0.1, 0.15) is 29.9 Å². The van der Waals surface area contributed by atoms with Crippen molar-refractivity contribution in [2.75, 3.05) is 17.6 Å². The summed E-state index contributed by atoms with van der Waals surface area (Å²) in [4.78, 5) is 0. The van der Waals surface area contributed by atoms with Crippen LogP contribution in [0.15, 0.2) is 12.1 Å². The number of hydrogen-bond acceptors (Lipinski definition) is 2. The maximum absolute atomic E-state index is 11.6. The van der Waals surface area contributed by atoms with Crippen LogP contribution in [0.25, 0.3) is 0 Å². The lowest BCUT2D eigenvalue weighted by molar-refractivity contribution is 0.600. The van der Waals surface area contributed by atoms with Crippen LogP contribution in [0.3, 0.4) is 0 Å². The zero-order chi connectivity index (χ0) is 12.8. The summed E-state index contributed by atoms with van der Waals surface area (Å²) < 4.78 is 25.5. The molecule has 0 aliphatic heterocycles. The SMILES string of the molecule is Cc1cc(I)c(N(C)S(C)(=O)=O)cc1C1CC1. The van der Waals surface area contributed by atoms with Crippen molar-refractivity contribution in [1.82, 2.24) is 0 Å². The third-order valence-electron chi connectivity index (χ3n) is 3.19. The van der Waals surface area contributed by atoms with Gasteiger partial charge in [0.05, 0.1) is 11.9 Å². The Kier molecular flexibility index (Phi) is 3.42. The van der Waals surface area contributed by atoms with Gasteiger partial charge in [-0.15, -0.1) is 0 Å². The number of benzene rings is 1. The largest absolute Gasteiger partial charge is 0.272 e. The van der Waals surface area contributed by atoms with Crippen LogP contribution in [0, 0.1) is 10.5 Å². The fourth-order valence-corrected chi connectivity index (χ4v) is 3.59. The predicted molar refractivity (Wildman–Crippen MR) is 79.1 cm³/mol. The lowest BCUT2D eigenvalue weighted by Gasteiger charge is -2.20. The standard InChI is InChI=1S/C12H16INO2S/c1-8-6-11(13)12(14(2)17(3,15)16)7-10(8)9-4-5-9/h6-7,9H,4-5H2,1-3H3. The van der Waals surface area contributed by atoms with E-state index in [1.165, 1.54) is 34.5 Å². The molecule has 0 aromatic heterocycles. The Morgan fingerprint density at radius 1 is 1.35 bits per heavy atom. The van der Waals surface area contributed by atoms with Crippen LogP contribution in [0.4, 0.5) is 5.69 Å². The molecule has 0 heterocycles. The highest BCUT2D eigenvalue weighted by molar-refractivity contribution is 14.1. The van der Waals surface area contributed by atoms with Crippen molar-refractivity contribution in [2.45, 2.75) is 25.7 Å². The van der Waals surface area contributed by atoms with E-state index in [2.05, 4.69) is 35.6 Å². The van der Waals surface area contributed by atoms with Gasteiger partial charge in [-0.2, -0.15) is 0 Å². The maximum atomic E-state index is 11.6. The first-order valence-corrected chi connectivity index (χ1v) is 8.47. The number of halogens is 1. The van der Waals surface area contributed by atoms with E-state index in [9.17, 15) is 8.42 Å². The van der Waals surface area contributed by atoms with Gasteiger partial charge < -0.3 is 0 Å². The molecule has 0 atom stereocenters. The first-order chi connectivity index (χ1) is 7.80. The zero-order valence-corrected chi connectivity index (χ0v) is 13.2. The average molecular weight is 365 g/mol. The summed E-state index contributed by atoms with van der Waals surface area (Å²) in [6.07, 6.45) is 3.69. The van der Waals surface area contributed by atoms with E-state index in [4.69, 9.17) is 0 Å². The third kappa shape index (κ3) is 2.76. The van der Waals surface area contributed by atoms with E-state index in [-0.39, 0.29) is 0 Å². The molecule has 1 aromatic carbocycles. The summed E-state index contributed by atoms with van der Waals surface area (Å²) >= 11 is 2.20. The number of hydrogen-bond donors (Lipinski definition) is 0. The van der Waals surface area contributed by atoms with Gasteiger partial charge in [0.15, 0.2) is 0 Å². The van der Waals surface area contributed by atoms with E-state index < -0.39 is 10.0 Å². The van der Waals surface area contributed by atoms with E-state index in [0.717, 1.165) is 9.26 Å². The zero-order valence-electron chi connectivity index (χ0n) is 10.2. The van der Waals surface area contributed by atoms with E-state index in [0.29, 0.717) is 5.92 Å². The minimum Gasteiger partial charge on any atom is -0.272 e. The van der Waals surface area contributed by atoms with Crippen molar-refractivity contribution < 1.29 is 8.42 Å². The lowest BCUT2D eigenvalue weighted by Crippen LogP contribution is -2.25. The van der Waals surface area contributed by atoms with Gasteiger partial charge in [0.25, 0.3) is 0 Å². The van der Waals surface area contributed by atoms with Crippen LogP contribution in [0.5, 0.6) is 0 Å². The Balaban J connectivity index is 2.50. The number of aryl methyl sites for hydroxylation is 1. The molecule has 1 aliphatic carbocycles. The van der Waals surface area contributed by atoms with Gasteiger partial charge in [-0.05, 0) is 71.5 Å². The van der Waals surface area contributed by atoms with Gasteiger partial charge in [0, 0.05) is 10.6 Å². The molecule has 94 valence electrons. The highest BCUT2D eigenvalue weighted by Gasteiger charge is 2.27. The smallest absolute Gasteiger partial charge is 0.232 e. The molecule has 5 heteroatoms. The first-order valence-electron chi connectivity index (χ1n) is 5.54. The van der Waals surface area contributed by atoms with Gasteiger partial charge in [-0.3, -0.25) is 4.31 Å². The minimum atomic E-state index is -3.18. The lowest BCUT2D eigenvalue weighted by atomic mass is 10.0. The number of rotatable bonds is 3. The Morgan fingerprint density at radius 3 is 2.41 bits per heavy atom. The Bertz CT molecular complexity index is 550. The van der Waals surface area contributed by atoms with Crippen molar-refractivity contribution in [1.29, 1.82) is 0 Å². The van der Waals surface area contributed by atoms with Gasteiger partial charge in [0.1, 0.15) is 0 Å². The summed E-state index contributed by atoms with van der Waals surface area (Å²) in [5.41, 5.74) is 3.36. The fourth-order valence-electron chi connectivity index (χ4n) is 1.93. The molecule has 0 N–H and O–H groups in total. The average Bonchev–Trinajstić information content (AvgIpc) is 2.99. The van der Waals surface area contributed by atoms with Crippen LogP contribution in [0.2, 0.25) is 0 Å². The van der Waals surface area contributed by atoms with Crippen LogP contribution in [-0.4, -0.2) is 21.7 Å². The van der Waals surface area contributed by atoms with E-state index in [1.807, 2.05) is 6.07 Å². The topological polar surface area (TPSA) is 37.4 Å². The molecule has 1 fully saturated rings. The molecule has 0 radical (unpaired) electrons. The molecule has 2 rings (SSSR count). The second-order valence-corrected chi connectivity index (χ2v) is 7.84. The third-order valence-corrected chi connectivity index (χ3v) is 5.25. The second kappa shape index (κ2) is 4.42. The molecule has 1 aromatic rings. The molecule has 0 bridgehead atoms. The van der Waals surface area contributed by atoms with Gasteiger partial charge in [-0.1, -0.05) is 0 Å². The molecule has 0 saturated heterocycles. The summed E-state index contributed by atoms with van der Waals surface area (Å²) in [6.45, 7) is 2.10. The molecule has 0 amide bonds.